The number of benzene rings is 1. The van der Waals surface area contributed by atoms with Crippen LogP contribution in [0, 0.1) is 12.7 Å². The summed E-state index contributed by atoms with van der Waals surface area (Å²) in [6, 6.07) is 11.9. The Morgan fingerprint density at radius 1 is 1.13 bits per heavy atom. The number of hydrogen-bond acceptors (Lipinski definition) is 6. The van der Waals surface area contributed by atoms with Crippen LogP contribution in [-0.2, 0) is 0 Å². The quantitative estimate of drug-likeness (QED) is 0.472. The van der Waals surface area contributed by atoms with Gasteiger partial charge in [0.15, 0.2) is 11.5 Å². The second kappa shape index (κ2) is 6.96. The van der Waals surface area contributed by atoms with Gasteiger partial charge in [-0.05, 0) is 42.8 Å². The zero-order valence-corrected chi connectivity index (χ0v) is 15.8. The number of hydrogen-bond donors (Lipinski definition) is 2. The first kappa shape index (κ1) is 17.8. The molecule has 0 aliphatic carbocycles. The fraction of sp³-hybridized carbons (Fsp3) is 0.0476. The van der Waals surface area contributed by atoms with Gasteiger partial charge in [-0.3, -0.25) is 9.78 Å². The van der Waals surface area contributed by atoms with Gasteiger partial charge in [-0.25, -0.2) is 13.9 Å². The Kier molecular flexibility index (Phi) is 4.13. The summed E-state index contributed by atoms with van der Waals surface area (Å²) in [6.07, 6.45) is 4.36. The first-order valence-corrected chi connectivity index (χ1v) is 9.09. The van der Waals surface area contributed by atoms with E-state index in [1.165, 1.54) is 12.4 Å². The van der Waals surface area contributed by atoms with E-state index in [9.17, 15) is 9.18 Å². The van der Waals surface area contributed by atoms with Crippen LogP contribution in [0.15, 0.2) is 66.0 Å². The molecule has 30 heavy (non-hydrogen) atoms. The van der Waals surface area contributed by atoms with Gasteiger partial charge >= 0.3 is 0 Å². The van der Waals surface area contributed by atoms with Gasteiger partial charge in [0, 0.05) is 24.0 Å². The lowest BCUT2D eigenvalue weighted by atomic mass is 10.2. The highest BCUT2D eigenvalue weighted by Crippen LogP contribution is 2.31. The zero-order chi connectivity index (χ0) is 20.7. The van der Waals surface area contributed by atoms with Crippen molar-refractivity contribution in [2.75, 3.05) is 5.32 Å². The molecule has 5 aromatic rings. The zero-order valence-electron chi connectivity index (χ0n) is 15.8. The third kappa shape index (κ3) is 3.22. The number of aromatic nitrogens is 5. The molecule has 0 atom stereocenters. The fourth-order valence-electron chi connectivity index (χ4n) is 3.17. The number of nitrogens with one attached hydrogen (secondary N) is 2. The van der Waals surface area contributed by atoms with E-state index in [2.05, 4.69) is 25.4 Å². The van der Waals surface area contributed by atoms with Crippen LogP contribution in [0.25, 0.3) is 16.7 Å². The van der Waals surface area contributed by atoms with E-state index < -0.39 is 5.82 Å². The lowest BCUT2D eigenvalue weighted by molar-refractivity contribution is 0.478. The van der Waals surface area contributed by atoms with Crippen LogP contribution in [0.1, 0.15) is 5.56 Å². The van der Waals surface area contributed by atoms with E-state index in [1.807, 2.05) is 13.0 Å². The van der Waals surface area contributed by atoms with Gasteiger partial charge in [-0.1, -0.05) is 0 Å². The van der Waals surface area contributed by atoms with Crippen molar-refractivity contribution in [2.24, 2.45) is 0 Å². The molecule has 0 radical (unpaired) electrons. The maximum atomic E-state index is 14.4. The van der Waals surface area contributed by atoms with Crippen LogP contribution < -0.4 is 15.6 Å². The van der Waals surface area contributed by atoms with Crippen molar-refractivity contribution >= 4 is 28.1 Å². The Morgan fingerprint density at radius 2 is 2.03 bits per heavy atom. The smallest absolute Gasteiger partial charge is 0.248 e. The van der Waals surface area contributed by atoms with E-state index in [0.717, 1.165) is 11.8 Å². The van der Waals surface area contributed by atoms with Crippen molar-refractivity contribution in [3.05, 3.63) is 82.9 Å². The molecule has 4 heterocycles. The van der Waals surface area contributed by atoms with Gasteiger partial charge in [0.1, 0.15) is 23.5 Å². The van der Waals surface area contributed by atoms with Crippen molar-refractivity contribution in [3.63, 3.8) is 0 Å². The summed E-state index contributed by atoms with van der Waals surface area (Å²) in [6.45, 7) is 1.89. The number of halogens is 1. The molecular formula is C21H15FN6O2. The van der Waals surface area contributed by atoms with Crippen LogP contribution in [-0.4, -0.2) is 24.6 Å². The number of nitrogens with zero attached hydrogens (tertiary/aromatic N) is 4. The lowest BCUT2D eigenvalue weighted by Crippen LogP contribution is -2.06. The molecule has 0 saturated carbocycles. The van der Waals surface area contributed by atoms with Crippen molar-refractivity contribution in [2.45, 2.75) is 6.92 Å². The second-order valence-electron chi connectivity index (χ2n) is 6.70. The highest BCUT2D eigenvalue weighted by molar-refractivity contribution is 5.89. The minimum Gasteiger partial charge on any atom is -0.457 e. The molecular weight excluding hydrogens is 387 g/mol. The molecule has 1 aromatic carbocycles. The van der Waals surface area contributed by atoms with Crippen LogP contribution >= 0.6 is 0 Å². The number of ether oxygens (including phenoxy) is 1. The van der Waals surface area contributed by atoms with E-state index in [-0.39, 0.29) is 11.2 Å². The summed E-state index contributed by atoms with van der Waals surface area (Å²) < 4.78 is 22.0. The predicted molar refractivity (Wildman–Crippen MR) is 110 cm³/mol. The largest absolute Gasteiger partial charge is 0.457 e. The number of H-pyrrole nitrogens is 1. The molecule has 8 nitrogen and oxygen atoms in total. The maximum absolute atomic E-state index is 14.4. The van der Waals surface area contributed by atoms with E-state index in [1.54, 1.807) is 41.0 Å². The first-order chi connectivity index (χ1) is 14.6. The molecule has 0 aliphatic rings. The van der Waals surface area contributed by atoms with Gasteiger partial charge in [-0.2, -0.15) is 5.10 Å². The molecule has 2 N–H and O–H groups in total. The third-order valence-corrected chi connectivity index (χ3v) is 4.63. The number of aromatic amines is 1. The number of pyridine rings is 3. The van der Waals surface area contributed by atoms with Gasteiger partial charge < -0.3 is 15.0 Å². The second-order valence-corrected chi connectivity index (χ2v) is 6.70. The number of anilines is 2. The Hall–Kier alpha value is -4.27. The molecule has 0 spiro atoms. The Morgan fingerprint density at radius 3 is 2.90 bits per heavy atom. The SMILES string of the molecule is Cc1cc(Nc2c(F)cnc3ccc(=O)[nH]c23)ccc1Oc1ccn2ncnc2c1. The molecule has 0 fully saturated rings. The molecule has 0 aliphatic heterocycles. The van der Waals surface area contributed by atoms with Gasteiger partial charge in [0.25, 0.3) is 0 Å². The van der Waals surface area contributed by atoms with Crippen LogP contribution in [0.5, 0.6) is 11.5 Å². The topological polar surface area (TPSA) is 97.2 Å². The van der Waals surface area contributed by atoms with Crippen LogP contribution in [0.4, 0.5) is 15.8 Å². The average molecular weight is 402 g/mol. The number of aryl methyl sites for hydroxylation is 1. The standard InChI is InChI=1S/C21H15FN6O2/c1-12-8-13(26-20-15(22)10-23-16-3-5-19(29)27-21(16)20)2-4-17(12)30-14-6-7-28-18(9-14)24-11-25-28/h2-11H,1H3,(H,23,26)(H,27,29). The highest BCUT2D eigenvalue weighted by Gasteiger charge is 2.12. The summed E-state index contributed by atoms with van der Waals surface area (Å²) in [4.78, 5) is 22.5. The number of rotatable bonds is 4. The molecule has 0 bridgehead atoms. The van der Waals surface area contributed by atoms with Gasteiger partial charge in [0.05, 0.1) is 17.2 Å². The number of fused-ring (bicyclic) bond motifs is 2. The van der Waals surface area contributed by atoms with E-state index in [4.69, 9.17) is 4.74 Å². The molecule has 148 valence electrons. The van der Waals surface area contributed by atoms with Gasteiger partial charge in [0.2, 0.25) is 5.56 Å². The van der Waals surface area contributed by atoms with Crippen molar-refractivity contribution in [1.29, 1.82) is 0 Å². The maximum Gasteiger partial charge on any atom is 0.248 e. The Bertz CT molecular complexity index is 1460. The molecule has 0 saturated heterocycles. The average Bonchev–Trinajstić information content (AvgIpc) is 3.20. The highest BCUT2D eigenvalue weighted by atomic mass is 19.1. The Balaban J connectivity index is 1.45. The van der Waals surface area contributed by atoms with E-state index in [0.29, 0.717) is 33.9 Å². The summed E-state index contributed by atoms with van der Waals surface area (Å²) in [5.74, 6) is 0.713. The predicted octanol–water partition coefficient (Wildman–Crippen LogP) is 3.95. The summed E-state index contributed by atoms with van der Waals surface area (Å²) >= 11 is 0. The van der Waals surface area contributed by atoms with Crippen molar-refractivity contribution in [1.82, 2.24) is 24.6 Å². The first-order valence-electron chi connectivity index (χ1n) is 9.09. The van der Waals surface area contributed by atoms with Crippen molar-refractivity contribution < 1.29 is 9.13 Å². The lowest BCUT2D eigenvalue weighted by Gasteiger charge is -2.13. The minimum atomic E-state index is -0.566. The fourth-order valence-corrected chi connectivity index (χ4v) is 3.17. The Labute approximate surface area is 169 Å². The van der Waals surface area contributed by atoms with Crippen LogP contribution in [0.3, 0.4) is 0 Å². The molecule has 4 aromatic heterocycles. The van der Waals surface area contributed by atoms with E-state index >= 15 is 0 Å². The molecule has 0 unspecified atom stereocenters. The normalized spacial score (nSPS) is 11.1. The monoisotopic (exact) mass is 402 g/mol. The van der Waals surface area contributed by atoms with Crippen LogP contribution in [0.2, 0.25) is 0 Å². The summed E-state index contributed by atoms with van der Waals surface area (Å²) in [5.41, 5.74) is 2.78. The third-order valence-electron chi connectivity index (χ3n) is 4.63. The summed E-state index contributed by atoms with van der Waals surface area (Å²) in [7, 11) is 0. The van der Waals surface area contributed by atoms with Crippen molar-refractivity contribution in [3.8, 4) is 11.5 Å². The molecule has 0 amide bonds. The molecule has 9 heteroatoms. The van der Waals surface area contributed by atoms with Gasteiger partial charge in [-0.15, -0.1) is 0 Å². The molecule has 5 rings (SSSR count). The minimum absolute atomic E-state index is 0.156. The summed E-state index contributed by atoms with van der Waals surface area (Å²) in [5, 5.41) is 7.09.